The SMILES string of the molecule is Cc1ccc(CNC(=O)CN(C)S(=O)(=O)/C=C/c2ccccc2)cc1F. The Morgan fingerprint density at radius 1 is 1.19 bits per heavy atom. The topological polar surface area (TPSA) is 66.5 Å². The lowest BCUT2D eigenvalue weighted by molar-refractivity contribution is -0.121. The second-order valence-electron chi connectivity index (χ2n) is 5.87. The highest BCUT2D eigenvalue weighted by Gasteiger charge is 2.17. The molecule has 0 aliphatic heterocycles. The van der Waals surface area contributed by atoms with Gasteiger partial charge < -0.3 is 5.32 Å². The zero-order valence-corrected chi connectivity index (χ0v) is 15.5. The quantitative estimate of drug-likeness (QED) is 0.808. The second kappa shape index (κ2) is 8.73. The standard InChI is InChI=1S/C19H21FN2O3S/c1-15-8-9-17(12-18(15)20)13-21-19(23)14-22(2)26(24,25)11-10-16-6-4-3-5-7-16/h3-12H,13-14H2,1-2H3,(H,21,23)/b11-10+. The second-order valence-corrected chi connectivity index (χ2v) is 7.80. The number of nitrogens with one attached hydrogen (secondary N) is 1. The number of carbonyl (C=O) groups is 1. The van der Waals surface area contributed by atoms with Gasteiger partial charge in [0.2, 0.25) is 15.9 Å². The Hall–Kier alpha value is -2.51. The molecule has 0 saturated carbocycles. The van der Waals surface area contributed by atoms with Gasteiger partial charge in [0.1, 0.15) is 5.82 Å². The fraction of sp³-hybridized carbons (Fsp3) is 0.211. The number of aryl methyl sites for hydroxylation is 1. The van der Waals surface area contributed by atoms with Crippen LogP contribution in [0.1, 0.15) is 16.7 Å². The molecule has 0 atom stereocenters. The van der Waals surface area contributed by atoms with Gasteiger partial charge in [-0.25, -0.2) is 12.8 Å². The molecule has 26 heavy (non-hydrogen) atoms. The van der Waals surface area contributed by atoms with Crippen LogP contribution in [0.25, 0.3) is 6.08 Å². The minimum Gasteiger partial charge on any atom is -0.351 e. The number of likely N-dealkylation sites (N-methyl/N-ethyl adjacent to an activating group) is 1. The highest BCUT2D eigenvalue weighted by Crippen LogP contribution is 2.09. The smallest absolute Gasteiger partial charge is 0.236 e. The number of carbonyl (C=O) groups excluding carboxylic acids is 1. The highest BCUT2D eigenvalue weighted by molar-refractivity contribution is 7.92. The number of nitrogens with zero attached hydrogens (tertiary/aromatic N) is 1. The minimum atomic E-state index is -3.72. The van der Waals surface area contributed by atoms with Crippen molar-refractivity contribution in [2.45, 2.75) is 13.5 Å². The number of hydrogen-bond acceptors (Lipinski definition) is 3. The van der Waals surface area contributed by atoms with Gasteiger partial charge in [0.25, 0.3) is 0 Å². The van der Waals surface area contributed by atoms with Crippen LogP contribution in [0, 0.1) is 12.7 Å². The maximum atomic E-state index is 13.5. The molecule has 0 aliphatic carbocycles. The normalized spacial score (nSPS) is 11.8. The molecular weight excluding hydrogens is 355 g/mol. The predicted molar refractivity (Wildman–Crippen MR) is 100 cm³/mol. The molecule has 0 saturated heterocycles. The summed E-state index contributed by atoms with van der Waals surface area (Å²) in [5.41, 5.74) is 1.88. The lowest BCUT2D eigenvalue weighted by atomic mass is 10.1. The molecule has 0 bridgehead atoms. The van der Waals surface area contributed by atoms with Gasteiger partial charge in [-0.15, -0.1) is 0 Å². The molecule has 0 aromatic heterocycles. The van der Waals surface area contributed by atoms with Crippen LogP contribution in [-0.2, 0) is 21.4 Å². The van der Waals surface area contributed by atoms with Crippen LogP contribution >= 0.6 is 0 Å². The van der Waals surface area contributed by atoms with E-state index < -0.39 is 15.9 Å². The molecule has 0 fully saturated rings. The molecule has 7 heteroatoms. The third-order valence-electron chi connectivity index (χ3n) is 3.76. The van der Waals surface area contributed by atoms with E-state index in [1.807, 2.05) is 6.07 Å². The molecule has 5 nitrogen and oxygen atoms in total. The average Bonchev–Trinajstić information content (AvgIpc) is 2.62. The zero-order valence-electron chi connectivity index (χ0n) is 14.6. The zero-order chi connectivity index (χ0) is 19.2. The van der Waals surface area contributed by atoms with E-state index in [0.29, 0.717) is 11.1 Å². The van der Waals surface area contributed by atoms with Crippen LogP contribution in [-0.4, -0.2) is 32.2 Å². The number of benzene rings is 2. The van der Waals surface area contributed by atoms with Crippen molar-refractivity contribution in [2.24, 2.45) is 0 Å². The summed E-state index contributed by atoms with van der Waals surface area (Å²) >= 11 is 0. The maximum absolute atomic E-state index is 13.5. The van der Waals surface area contributed by atoms with Crippen molar-refractivity contribution in [2.75, 3.05) is 13.6 Å². The van der Waals surface area contributed by atoms with Crippen LogP contribution in [0.2, 0.25) is 0 Å². The molecule has 0 unspecified atom stereocenters. The number of rotatable bonds is 7. The monoisotopic (exact) mass is 376 g/mol. The van der Waals surface area contributed by atoms with E-state index in [1.165, 1.54) is 19.2 Å². The van der Waals surface area contributed by atoms with Gasteiger partial charge in [0, 0.05) is 19.0 Å². The molecule has 2 aromatic carbocycles. The summed E-state index contributed by atoms with van der Waals surface area (Å²) in [5, 5.41) is 3.65. The molecule has 0 heterocycles. The maximum Gasteiger partial charge on any atom is 0.236 e. The van der Waals surface area contributed by atoms with Gasteiger partial charge in [0.15, 0.2) is 0 Å². The van der Waals surface area contributed by atoms with Crippen LogP contribution in [0.3, 0.4) is 0 Å². The lowest BCUT2D eigenvalue weighted by Gasteiger charge is -2.14. The number of sulfonamides is 1. The molecule has 1 N–H and O–H groups in total. The Balaban J connectivity index is 1.90. The molecule has 0 radical (unpaired) electrons. The third-order valence-corrected chi connectivity index (χ3v) is 5.24. The first-order valence-corrected chi connectivity index (χ1v) is 9.49. The Labute approximate surface area is 153 Å². The van der Waals surface area contributed by atoms with E-state index in [4.69, 9.17) is 0 Å². The molecular formula is C19H21FN2O3S. The minimum absolute atomic E-state index is 0.129. The van der Waals surface area contributed by atoms with Crippen LogP contribution in [0.15, 0.2) is 53.9 Å². The average molecular weight is 376 g/mol. The Morgan fingerprint density at radius 2 is 1.88 bits per heavy atom. The fourth-order valence-electron chi connectivity index (χ4n) is 2.13. The molecule has 0 spiro atoms. The van der Waals surface area contributed by atoms with Crippen molar-refractivity contribution in [1.82, 2.24) is 9.62 Å². The summed E-state index contributed by atoms with van der Waals surface area (Å²) in [6.07, 6.45) is 1.47. The van der Waals surface area contributed by atoms with E-state index in [1.54, 1.807) is 43.3 Å². The van der Waals surface area contributed by atoms with Crippen molar-refractivity contribution >= 4 is 22.0 Å². The van der Waals surface area contributed by atoms with Gasteiger partial charge in [-0.1, -0.05) is 42.5 Å². The van der Waals surface area contributed by atoms with Gasteiger partial charge in [-0.2, -0.15) is 4.31 Å². The third kappa shape index (κ3) is 5.79. The van der Waals surface area contributed by atoms with Crippen molar-refractivity contribution in [3.05, 3.63) is 76.4 Å². The predicted octanol–water partition coefficient (Wildman–Crippen LogP) is 2.68. The summed E-state index contributed by atoms with van der Waals surface area (Å²) in [5.74, 6) is -0.812. The van der Waals surface area contributed by atoms with Crippen molar-refractivity contribution in [1.29, 1.82) is 0 Å². The molecule has 2 rings (SSSR count). The lowest BCUT2D eigenvalue weighted by Crippen LogP contribution is -2.37. The molecule has 2 aromatic rings. The van der Waals surface area contributed by atoms with E-state index in [9.17, 15) is 17.6 Å². The summed E-state index contributed by atoms with van der Waals surface area (Å²) < 4.78 is 38.9. The highest BCUT2D eigenvalue weighted by atomic mass is 32.2. The first-order valence-electron chi connectivity index (χ1n) is 7.99. The number of halogens is 1. The van der Waals surface area contributed by atoms with Crippen molar-refractivity contribution in [3.63, 3.8) is 0 Å². The Bertz CT molecular complexity index is 896. The summed E-state index contributed by atoms with van der Waals surface area (Å²) in [6, 6.07) is 13.7. The van der Waals surface area contributed by atoms with E-state index in [0.717, 1.165) is 15.3 Å². The van der Waals surface area contributed by atoms with Crippen molar-refractivity contribution in [3.8, 4) is 0 Å². The van der Waals surface area contributed by atoms with Gasteiger partial charge >= 0.3 is 0 Å². The summed E-state index contributed by atoms with van der Waals surface area (Å²) in [7, 11) is -2.39. The largest absolute Gasteiger partial charge is 0.351 e. The summed E-state index contributed by atoms with van der Waals surface area (Å²) in [4.78, 5) is 12.0. The number of hydrogen-bond donors (Lipinski definition) is 1. The Kier molecular flexibility index (Phi) is 6.65. The Morgan fingerprint density at radius 3 is 2.54 bits per heavy atom. The van der Waals surface area contributed by atoms with Crippen molar-refractivity contribution < 1.29 is 17.6 Å². The molecule has 138 valence electrons. The van der Waals surface area contributed by atoms with Crippen LogP contribution < -0.4 is 5.32 Å². The van der Waals surface area contributed by atoms with E-state index in [2.05, 4.69) is 5.32 Å². The van der Waals surface area contributed by atoms with E-state index in [-0.39, 0.29) is 18.9 Å². The summed E-state index contributed by atoms with van der Waals surface area (Å²) in [6.45, 7) is 1.46. The van der Waals surface area contributed by atoms with Crippen LogP contribution in [0.4, 0.5) is 4.39 Å². The molecule has 0 aliphatic rings. The van der Waals surface area contributed by atoms with Crippen LogP contribution in [0.5, 0.6) is 0 Å². The first-order chi connectivity index (χ1) is 12.3. The number of amides is 1. The van der Waals surface area contributed by atoms with E-state index >= 15 is 0 Å². The van der Waals surface area contributed by atoms with Gasteiger partial charge in [-0.05, 0) is 35.8 Å². The molecule has 1 amide bonds. The van der Waals surface area contributed by atoms with Gasteiger partial charge in [-0.3, -0.25) is 4.79 Å². The fourth-order valence-corrected chi connectivity index (χ4v) is 2.96. The van der Waals surface area contributed by atoms with Gasteiger partial charge in [0.05, 0.1) is 6.54 Å². The first kappa shape index (κ1) is 19.8.